The predicted molar refractivity (Wildman–Crippen MR) is 98.8 cm³/mol. The molecule has 1 aliphatic heterocycles. The minimum absolute atomic E-state index is 0.0584. The highest BCUT2D eigenvalue weighted by molar-refractivity contribution is 5.95. The molecule has 5 rings (SSSR count). The minimum atomic E-state index is 0.0584. The second kappa shape index (κ2) is 6.18. The van der Waals surface area contributed by atoms with Gasteiger partial charge in [0.1, 0.15) is 11.5 Å². The molecule has 27 heavy (non-hydrogen) atoms. The van der Waals surface area contributed by atoms with Gasteiger partial charge in [0.25, 0.3) is 5.91 Å². The van der Waals surface area contributed by atoms with Crippen LogP contribution in [0.2, 0.25) is 0 Å². The van der Waals surface area contributed by atoms with Crippen molar-refractivity contribution in [2.75, 3.05) is 13.1 Å². The van der Waals surface area contributed by atoms with Crippen molar-refractivity contribution in [2.45, 2.75) is 51.4 Å². The number of likely N-dealkylation sites (tertiary alicyclic amines) is 1. The summed E-state index contributed by atoms with van der Waals surface area (Å²) in [4.78, 5) is 14.7. The first kappa shape index (κ1) is 16.5. The largest absolute Gasteiger partial charge is 0.466 e. The number of nitrogens with zero attached hydrogens (tertiary/aromatic N) is 5. The molecule has 1 saturated carbocycles. The van der Waals surface area contributed by atoms with Crippen molar-refractivity contribution in [1.29, 1.82) is 0 Å². The molecule has 140 valence electrons. The summed E-state index contributed by atoms with van der Waals surface area (Å²) in [6.07, 6.45) is 4.20. The molecule has 0 bridgehead atoms. The van der Waals surface area contributed by atoms with Gasteiger partial charge in [0.2, 0.25) is 0 Å². The third-order valence-corrected chi connectivity index (χ3v) is 5.72. The topological polar surface area (TPSA) is 76.5 Å². The molecule has 0 atom stereocenters. The van der Waals surface area contributed by atoms with Crippen LogP contribution >= 0.6 is 0 Å². The van der Waals surface area contributed by atoms with Crippen LogP contribution in [0.3, 0.4) is 0 Å². The van der Waals surface area contributed by atoms with E-state index in [0.717, 1.165) is 35.8 Å². The predicted octanol–water partition coefficient (Wildman–Crippen LogP) is 3.23. The van der Waals surface area contributed by atoms with Gasteiger partial charge in [0.15, 0.2) is 11.5 Å². The highest BCUT2D eigenvalue weighted by atomic mass is 16.3. The lowest BCUT2D eigenvalue weighted by molar-refractivity contribution is 0.0709. The van der Waals surface area contributed by atoms with Crippen molar-refractivity contribution in [2.24, 2.45) is 0 Å². The molecule has 0 unspecified atom stereocenters. The number of hydrogen-bond acceptors (Lipinski definition) is 5. The van der Waals surface area contributed by atoms with Crippen molar-refractivity contribution in [3.05, 3.63) is 46.8 Å². The number of hydrogen-bond donors (Lipinski definition) is 0. The maximum absolute atomic E-state index is 12.8. The number of piperidine rings is 1. The Bertz CT molecular complexity index is 1010. The molecule has 3 aromatic heterocycles. The van der Waals surface area contributed by atoms with Gasteiger partial charge in [-0.3, -0.25) is 4.79 Å². The molecule has 0 radical (unpaired) electrons. The van der Waals surface area contributed by atoms with Gasteiger partial charge in [-0.05, 0) is 57.7 Å². The first-order valence-electron chi connectivity index (χ1n) is 9.68. The van der Waals surface area contributed by atoms with E-state index in [1.807, 2.05) is 35.4 Å². The number of aromatic nitrogens is 4. The van der Waals surface area contributed by atoms with E-state index < -0.39 is 0 Å². The van der Waals surface area contributed by atoms with Gasteiger partial charge in [-0.1, -0.05) is 0 Å². The SMILES string of the molecule is Cc1cc(C(=O)N2CCC(c3nnc4ccc(C5CC5)nn34)CC2)c(C)o1. The normalized spacial score (nSPS) is 18.4. The van der Waals surface area contributed by atoms with Crippen LogP contribution in [-0.4, -0.2) is 43.7 Å². The molecule has 1 amide bonds. The monoisotopic (exact) mass is 365 g/mol. The Kier molecular flexibility index (Phi) is 3.77. The maximum atomic E-state index is 12.8. The van der Waals surface area contributed by atoms with E-state index in [0.29, 0.717) is 30.3 Å². The van der Waals surface area contributed by atoms with E-state index in [9.17, 15) is 4.79 Å². The first-order valence-corrected chi connectivity index (χ1v) is 9.68. The highest BCUT2D eigenvalue weighted by Gasteiger charge is 2.30. The molecule has 4 heterocycles. The summed E-state index contributed by atoms with van der Waals surface area (Å²) in [5.74, 6) is 3.33. The average Bonchev–Trinajstić information content (AvgIpc) is 3.36. The third-order valence-electron chi connectivity index (χ3n) is 5.72. The van der Waals surface area contributed by atoms with Crippen molar-refractivity contribution in [3.63, 3.8) is 0 Å². The van der Waals surface area contributed by atoms with Crippen molar-refractivity contribution in [1.82, 2.24) is 24.7 Å². The molecule has 2 fully saturated rings. The van der Waals surface area contributed by atoms with Crippen molar-refractivity contribution in [3.8, 4) is 0 Å². The fourth-order valence-corrected chi connectivity index (χ4v) is 4.03. The number of carbonyl (C=O) groups excluding carboxylic acids is 1. The van der Waals surface area contributed by atoms with Gasteiger partial charge >= 0.3 is 0 Å². The molecular formula is C20H23N5O2. The van der Waals surface area contributed by atoms with Gasteiger partial charge in [-0.2, -0.15) is 9.61 Å². The Morgan fingerprint density at radius 1 is 1.07 bits per heavy atom. The summed E-state index contributed by atoms with van der Waals surface area (Å²) in [7, 11) is 0. The Labute approximate surface area is 157 Å². The van der Waals surface area contributed by atoms with Crippen LogP contribution in [0.5, 0.6) is 0 Å². The zero-order valence-electron chi connectivity index (χ0n) is 15.7. The van der Waals surface area contributed by atoms with E-state index in [1.165, 1.54) is 12.8 Å². The van der Waals surface area contributed by atoms with Gasteiger partial charge in [-0.15, -0.1) is 10.2 Å². The van der Waals surface area contributed by atoms with Gasteiger partial charge in [0, 0.05) is 24.9 Å². The van der Waals surface area contributed by atoms with Gasteiger partial charge in [-0.25, -0.2) is 0 Å². The average molecular weight is 365 g/mol. The quantitative estimate of drug-likeness (QED) is 0.712. The molecule has 0 aromatic carbocycles. The summed E-state index contributed by atoms with van der Waals surface area (Å²) in [5, 5.41) is 13.5. The summed E-state index contributed by atoms with van der Waals surface area (Å²) < 4.78 is 7.43. The number of aryl methyl sites for hydroxylation is 2. The Balaban J connectivity index is 1.33. The molecule has 3 aromatic rings. The van der Waals surface area contributed by atoms with Crippen molar-refractivity contribution < 1.29 is 9.21 Å². The standard InChI is InChI=1S/C20H23N5O2/c1-12-11-16(13(2)27-12)20(26)24-9-7-15(8-10-24)19-22-21-18-6-5-17(14-3-4-14)23-25(18)19/h5-6,11,14-15H,3-4,7-10H2,1-2H3. The lowest BCUT2D eigenvalue weighted by atomic mass is 9.95. The molecule has 7 heteroatoms. The maximum Gasteiger partial charge on any atom is 0.257 e. The number of rotatable bonds is 3. The van der Waals surface area contributed by atoms with Crippen LogP contribution in [0.4, 0.5) is 0 Å². The van der Waals surface area contributed by atoms with E-state index in [1.54, 1.807) is 0 Å². The van der Waals surface area contributed by atoms with Crippen LogP contribution in [-0.2, 0) is 0 Å². The molecule has 7 nitrogen and oxygen atoms in total. The van der Waals surface area contributed by atoms with Crippen LogP contribution in [0.1, 0.15) is 70.9 Å². The molecule has 2 aliphatic rings. The van der Waals surface area contributed by atoms with Gasteiger partial charge < -0.3 is 9.32 Å². The van der Waals surface area contributed by atoms with E-state index in [2.05, 4.69) is 16.3 Å². The fraction of sp³-hybridized carbons (Fsp3) is 0.500. The summed E-state index contributed by atoms with van der Waals surface area (Å²) in [6, 6.07) is 5.92. The second-order valence-corrected chi connectivity index (χ2v) is 7.75. The summed E-state index contributed by atoms with van der Waals surface area (Å²) in [6.45, 7) is 5.14. The zero-order valence-corrected chi connectivity index (χ0v) is 15.7. The number of carbonyl (C=O) groups is 1. The lowest BCUT2D eigenvalue weighted by Gasteiger charge is -2.31. The molecule has 1 aliphatic carbocycles. The van der Waals surface area contributed by atoms with E-state index in [-0.39, 0.29) is 11.8 Å². The number of amides is 1. The smallest absolute Gasteiger partial charge is 0.257 e. The first-order chi connectivity index (χ1) is 13.1. The van der Waals surface area contributed by atoms with E-state index >= 15 is 0 Å². The Hall–Kier alpha value is -2.70. The number of fused-ring (bicyclic) bond motifs is 1. The Morgan fingerprint density at radius 3 is 2.52 bits per heavy atom. The number of furan rings is 1. The lowest BCUT2D eigenvalue weighted by Crippen LogP contribution is -2.38. The molecule has 1 saturated heterocycles. The molecule has 0 spiro atoms. The second-order valence-electron chi connectivity index (χ2n) is 7.75. The van der Waals surface area contributed by atoms with Crippen LogP contribution in [0.25, 0.3) is 5.65 Å². The highest BCUT2D eigenvalue weighted by Crippen LogP contribution is 2.39. The summed E-state index contributed by atoms with van der Waals surface area (Å²) in [5.41, 5.74) is 2.62. The minimum Gasteiger partial charge on any atom is -0.466 e. The van der Waals surface area contributed by atoms with Crippen LogP contribution in [0, 0.1) is 13.8 Å². The van der Waals surface area contributed by atoms with Crippen LogP contribution < -0.4 is 0 Å². The van der Waals surface area contributed by atoms with Crippen molar-refractivity contribution >= 4 is 11.6 Å². The van der Waals surface area contributed by atoms with E-state index in [4.69, 9.17) is 9.52 Å². The fourth-order valence-electron chi connectivity index (χ4n) is 4.03. The Morgan fingerprint density at radius 2 is 1.85 bits per heavy atom. The molecular weight excluding hydrogens is 342 g/mol. The third kappa shape index (κ3) is 2.91. The van der Waals surface area contributed by atoms with Gasteiger partial charge in [0.05, 0.1) is 11.3 Å². The summed E-state index contributed by atoms with van der Waals surface area (Å²) >= 11 is 0. The molecule has 0 N–H and O–H groups in total. The van der Waals surface area contributed by atoms with Crippen LogP contribution in [0.15, 0.2) is 22.6 Å². The zero-order chi connectivity index (χ0) is 18.5.